The topological polar surface area (TPSA) is 84.2 Å². The summed E-state index contributed by atoms with van der Waals surface area (Å²) in [5.41, 5.74) is 0.149. The molecule has 0 heterocycles. The van der Waals surface area contributed by atoms with Crippen LogP contribution in [0.4, 0.5) is 0 Å². The van der Waals surface area contributed by atoms with E-state index in [0.29, 0.717) is 12.8 Å². The second kappa shape index (κ2) is 6.51. The number of ketones is 1. The number of rotatable bonds is 5. The third-order valence-electron chi connectivity index (χ3n) is 1.81. The van der Waals surface area contributed by atoms with Crippen LogP contribution in [0.1, 0.15) is 26.7 Å². The van der Waals surface area contributed by atoms with Crippen molar-refractivity contribution >= 4 is 17.7 Å². The number of nitrogens with zero attached hydrogens (tertiary/aromatic N) is 1. The minimum Gasteiger partial charge on any atom is -0.388 e. The van der Waals surface area contributed by atoms with Crippen LogP contribution in [0.25, 0.3) is 0 Å². The molecule has 0 bridgehead atoms. The maximum Gasteiger partial charge on any atom is 0.341 e. The number of carbonyl (C=O) groups is 3. The van der Waals surface area contributed by atoms with Crippen LogP contribution in [0.5, 0.6) is 0 Å². The van der Waals surface area contributed by atoms with Crippen LogP contribution >= 0.6 is 0 Å². The van der Waals surface area contributed by atoms with Gasteiger partial charge in [-0.3, -0.25) is 4.79 Å². The smallest absolute Gasteiger partial charge is 0.341 e. The summed E-state index contributed by atoms with van der Waals surface area (Å²) in [5, 5.41) is 8.52. The molecule has 0 aliphatic heterocycles. The van der Waals surface area contributed by atoms with Gasteiger partial charge in [-0.1, -0.05) is 19.9 Å². The lowest BCUT2D eigenvalue weighted by Gasteiger charge is -2.06. The first-order valence-electron chi connectivity index (χ1n) is 4.77. The SMILES string of the molecule is C=C(CCC)C(=O)OC(=O)C(C#N)C(C)=O. The van der Waals surface area contributed by atoms with Crippen LogP contribution in [0.2, 0.25) is 0 Å². The molecule has 0 aliphatic carbocycles. The third kappa shape index (κ3) is 4.05. The highest BCUT2D eigenvalue weighted by atomic mass is 16.6. The van der Waals surface area contributed by atoms with Crippen molar-refractivity contribution in [2.24, 2.45) is 5.92 Å². The maximum absolute atomic E-state index is 11.2. The zero-order valence-electron chi connectivity index (χ0n) is 9.28. The van der Waals surface area contributed by atoms with E-state index in [1.807, 2.05) is 6.92 Å². The standard InChI is InChI=1S/C11H13NO4/c1-4-5-7(2)10(14)16-11(15)9(6-12)8(3)13/h9H,2,4-5H2,1,3H3. The second-order valence-corrected chi connectivity index (χ2v) is 3.23. The molecule has 0 aromatic rings. The lowest BCUT2D eigenvalue weighted by Crippen LogP contribution is -2.25. The molecule has 0 saturated carbocycles. The van der Waals surface area contributed by atoms with E-state index >= 15 is 0 Å². The van der Waals surface area contributed by atoms with Gasteiger partial charge in [-0.15, -0.1) is 0 Å². The average molecular weight is 223 g/mol. The van der Waals surface area contributed by atoms with Gasteiger partial charge in [0, 0.05) is 5.57 Å². The van der Waals surface area contributed by atoms with Gasteiger partial charge < -0.3 is 4.74 Å². The molecule has 1 unspecified atom stereocenters. The minimum absolute atomic E-state index is 0.149. The molecule has 16 heavy (non-hydrogen) atoms. The number of ether oxygens (including phenoxy) is 1. The van der Waals surface area contributed by atoms with Gasteiger partial charge >= 0.3 is 11.9 Å². The molecule has 5 heteroatoms. The molecule has 86 valence electrons. The molecule has 0 aromatic carbocycles. The molecule has 5 nitrogen and oxygen atoms in total. The van der Waals surface area contributed by atoms with Crippen LogP contribution in [-0.4, -0.2) is 17.7 Å². The number of hydrogen-bond donors (Lipinski definition) is 0. The molecule has 1 atom stereocenters. The summed E-state index contributed by atoms with van der Waals surface area (Å²) < 4.78 is 4.36. The quantitative estimate of drug-likeness (QED) is 0.396. The van der Waals surface area contributed by atoms with Crippen LogP contribution in [-0.2, 0) is 19.1 Å². The van der Waals surface area contributed by atoms with E-state index in [-0.39, 0.29) is 5.57 Å². The number of hydrogen-bond acceptors (Lipinski definition) is 5. The van der Waals surface area contributed by atoms with Gasteiger partial charge in [-0.05, 0) is 13.3 Å². The van der Waals surface area contributed by atoms with E-state index in [9.17, 15) is 14.4 Å². The predicted molar refractivity (Wildman–Crippen MR) is 54.9 cm³/mol. The first-order valence-corrected chi connectivity index (χ1v) is 4.77. The van der Waals surface area contributed by atoms with Gasteiger partial charge in [0.1, 0.15) is 0 Å². The van der Waals surface area contributed by atoms with Crippen molar-refractivity contribution in [2.45, 2.75) is 26.7 Å². The molecule has 0 rings (SSSR count). The maximum atomic E-state index is 11.2. The number of nitriles is 1. The van der Waals surface area contributed by atoms with Crippen LogP contribution in [0.3, 0.4) is 0 Å². The highest BCUT2D eigenvalue weighted by Crippen LogP contribution is 2.07. The van der Waals surface area contributed by atoms with Gasteiger partial charge in [-0.2, -0.15) is 5.26 Å². The monoisotopic (exact) mass is 223 g/mol. The summed E-state index contributed by atoms with van der Waals surface area (Å²) in [5.74, 6) is -4.22. The van der Waals surface area contributed by atoms with Crippen LogP contribution in [0.15, 0.2) is 12.2 Å². The molecule has 0 amide bonds. The summed E-state index contributed by atoms with van der Waals surface area (Å²) in [6.45, 7) is 6.36. The predicted octanol–water partition coefficient (Wildman–Crippen LogP) is 1.14. The summed E-state index contributed by atoms with van der Waals surface area (Å²) in [6, 6.07) is 1.47. The number of Topliss-reactive ketones (excluding diaryl/α,β-unsaturated/α-hetero) is 1. The van der Waals surface area contributed by atoms with Crippen molar-refractivity contribution in [3.05, 3.63) is 12.2 Å². The van der Waals surface area contributed by atoms with Crippen molar-refractivity contribution < 1.29 is 19.1 Å². The van der Waals surface area contributed by atoms with Crippen LogP contribution in [0, 0.1) is 17.2 Å². The molecule has 0 spiro atoms. The Balaban J connectivity index is 4.46. The Morgan fingerprint density at radius 3 is 2.38 bits per heavy atom. The van der Waals surface area contributed by atoms with Crippen molar-refractivity contribution in [1.82, 2.24) is 0 Å². The molecule has 0 fully saturated rings. The number of carbonyl (C=O) groups excluding carboxylic acids is 3. The zero-order valence-corrected chi connectivity index (χ0v) is 9.28. The van der Waals surface area contributed by atoms with Crippen molar-refractivity contribution in [3.63, 3.8) is 0 Å². The molecule has 0 aromatic heterocycles. The van der Waals surface area contributed by atoms with Gasteiger partial charge in [-0.25, -0.2) is 9.59 Å². The summed E-state index contributed by atoms with van der Waals surface area (Å²) in [4.78, 5) is 33.3. The molecule has 0 radical (unpaired) electrons. The molecule has 0 N–H and O–H groups in total. The Kier molecular flexibility index (Phi) is 5.71. The third-order valence-corrected chi connectivity index (χ3v) is 1.81. The van der Waals surface area contributed by atoms with Gasteiger partial charge in [0.15, 0.2) is 5.78 Å². The fourth-order valence-electron chi connectivity index (χ4n) is 0.936. The summed E-state index contributed by atoms with van der Waals surface area (Å²) >= 11 is 0. The Bertz CT molecular complexity index is 365. The lowest BCUT2D eigenvalue weighted by atomic mass is 10.1. The van der Waals surface area contributed by atoms with E-state index in [1.165, 1.54) is 6.07 Å². The van der Waals surface area contributed by atoms with E-state index in [1.54, 1.807) is 0 Å². The highest BCUT2D eigenvalue weighted by Gasteiger charge is 2.27. The average Bonchev–Trinajstić information content (AvgIpc) is 2.18. The van der Waals surface area contributed by atoms with Gasteiger partial charge in [0.25, 0.3) is 0 Å². The first kappa shape index (κ1) is 14.0. The van der Waals surface area contributed by atoms with Gasteiger partial charge in [0.05, 0.1) is 6.07 Å². The number of esters is 2. The largest absolute Gasteiger partial charge is 0.388 e. The normalized spacial score (nSPS) is 11.1. The fourth-order valence-corrected chi connectivity index (χ4v) is 0.936. The Hall–Kier alpha value is -1.96. The Morgan fingerprint density at radius 2 is 2.00 bits per heavy atom. The summed E-state index contributed by atoms with van der Waals surface area (Å²) in [6.07, 6.45) is 1.10. The fraction of sp³-hybridized carbons (Fsp3) is 0.455. The molecular formula is C11H13NO4. The Morgan fingerprint density at radius 1 is 1.44 bits per heavy atom. The Labute approximate surface area is 93.7 Å². The van der Waals surface area contributed by atoms with Crippen molar-refractivity contribution in [2.75, 3.05) is 0 Å². The van der Waals surface area contributed by atoms with Crippen molar-refractivity contribution in [1.29, 1.82) is 5.26 Å². The lowest BCUT2D eigenvalue weighted by molar-refractivity contribution is -0.159. The molecule has 0 aliphatic rings. The minimum atomic E-state index is -1.54. The summed E-state index contributed by atoms with van der Waals surface area (Å²) in [7, 11) is 0. The highest BCUT2D eigenvalue weighted by molar-refractivity contribution is 6.05. The van der Waals surface area contributed by atoms with E-state index in [2.05, 4.69) is 11.3 Å². The van der Waals surface area contributed by atoms with E-state index in [0.717, 1.165) is 6.92 Å². The van der Waals surface area contributed by atoms with Crippen molar-refractivity contribution in [3.8, 4) is 6.07 Å². The van der Waals surface area contributed by atoms with E-state index in [4.69, 9.17) is 5.26 Å². The molecular weight excluding hydrogens is 210 g/mol. The van der Waals surface area contributed by atoms with Gasteiger partial charge in [0.2, 0.25) is 5.92 Å². The van der Waals surface area contributed by atoms with Crippen LogP contribution < -0.4 is 0 Å². The second-order valence-electron chi connectivity index (χ2n) is 3.23. The zero-order chi connectivity index (χ0) is 12.7. The van der Waals surface area contributed by atoms with E-state index < -0.39 is 23.6 Å². The first-order chi connectivity index (χ1) is 7.43. The molecule has 0 saturated heterocycles.